The Bertz CT molecular complexity index is 475. The molecule has 2 saturated heterocycles. The normalized spacial score (nSPS) is 21.5. The van der Waals surface area contributed by atoms with Gasteiger partial charge in [-0.05, 0) is 32.1 Å². The van der Waals surface area contributed by atoms with E-state index >= 15 is 0 Å². The second-order valence-electron chi connectivity index (χ2n) is 7.23. The number of carbonyl (C=O) groups excluding carboxylic acids is 3. The standard InChI is InChI=1S/C18H32N4O3/c1-3-19-18(25)20-9-5-4-6-14-7-10-22(11-8-14)17(24)15-12-16(23)21(2)13-15/h14-15H,3-13H2,1-2H3,(H2,19,20,25). The van der Waals surface area contributed by atoms with Crippen LogP contribution in [0.2, 0.25) is 0 Å². The lowest BCUT2D eigenvalue weighted by Crippen LogP contribution is -2.42. The summed E-state index contributed by atoms with van der Waals surface area (Å²) in [5, 5.41) is 5.57. The van der Waals surface area contributed by atoms with Gasteiger partial charge >= 0.3 is 6.03 Å². The maximum Gasteiger partial charge on any atom is 0.314 e. The summed E-state index contributed by atoms with van der Waals surface area (Å²) in [6.07, 6.45) is 5.72. The fourth-order valence-electron chi connectivity index (χ4n) is 3.71. The predicted molar refractivity (Wildman–Crippen MR) is 96.0 cm³/mol. The van der Waals surface area contributed by atoms with Crippen LogP contribution in [0.3, 0.4) is 0 Å². The maximum absolute atomic E-state index is 12.5. The van der Waals surface area contributed by atoms with E-state index in [4.69, 9.17) is 0 Å². The van der Waals surface area contributed by atoms with E-state index < -0.39 is 0 Å². The average Bonchev–Trinajstić information content (AvgIpc) is 2.94. The number of hydrogen-bond acceptors (Lipinski definition) is 3. The molecule has 0 spiro atoms. The van der Waals surface area contributed by atoms with Crippen LogP contribution in [-0.2, 0) is 9.59 Å². The molecule has 0 aromatic heterocycles. The van der Waals surface area contributed by atoms with Gasteiger partial charge in [0.15, 0.2) is 0 Å². The first-order valence-electron chi connectivity index (χ1n) is 9.55. The minimum absolute atomic E-state index is 0.0782. The number of rotatable bonds is 7. The largest absolute Gasteiger partial charge is 0.345 e. The van der Waals surface area contributed by atoms with Gasteiger partial charge in [-0.3, -0.25) is 9.59 Å². The molecule has 2 rings (SSSR count). The monoisotopic (exact) mass is 352 g/mol. The molecule has 142 valence electrons. The Morgan fingerprint density at radius 2 is 1.88 bits per heavy atom. The van der Waals surface area contributed by atoms with Crippen molar-refractivity contribution in [2.45, 2.75) is 45.4 Å². The number of piperidine rings is 1. The quantitative estimate of drug-likeness (QED) is 0.675. The third-order valence-corrected chi connectivity index (χ3v) is 5.28. The number of carbonyl (C=O) groups is 3. The molecular weight excluding hydrogens is 320 g/mol. The van der Waals surface area contributed by atoms with E-state index in [-0.39, 0.29) is 23.8 Å². The highest BCUT2D eigenvalue weighted by atomic mass is 16.2. The van der Waals surface area contributed by atoms with Crippen molar-refractivity contribution in [3.63, 3.8) is 0 Å². The molecule has 7 nitrogen and oxygen atoms in total. The van der Waals surface area contributed by atoms with Crippen LogP contribution >= 0.6 is 0 Å². The molecule has 25 heavy (non-hydrogen) atoms. The maximum atomic E-state index is 12.5. The molecule has 0 bridgehead atoms. The zero-order valence-electron chi connectivity index (χ0n) is 15.6. The zero-order valence-corrected chi connectivity index (χ0v) is 15.6. The lowest BCUT2D eigenvalue weighted by atomic mass is 9.91. The topological polar surface area (TPSA) is 81.8 Å². The molecule has 0 aromatic carbocycles. The number of likely N-dealkylation sites (tertiary alicyclic amines) is 2. The molecule has 1 unspecified atom stereocenters. The second kappa shape index (κ2) is 9.63. The van der Waals surface area contributed by atoms with Gasteiger partial charge in [0.05, 0.1) is 5.92 Å². The summed E-state index contributed by atoms with van der Waals surface area (Å²) in [6, 6.07) is -0.0923. The van der Waals surface area contributed by atoms with Crippen LogP contribution in [0, 0.1) is 11.8 Å². The predicted octanol–water partition coefficient (Wildman–Crippen LogP) is 1.19. The SMILES string of the molecule is CCNC(=O)NCCCCC1CCN(C(=O)C2CC(=O)N(C)C2)CC1. The summed E-state index contributed by atoms with van der Waals surface area (Å²) in [7, 11) is 1.77. The van der Waals surface area contributed by atoms with Crippen molar-refractivity contribution in [3.8, 4) is 0 Å². The van der Waals surface area contributed by atoms with Crippen molar-refractivity contribution in [1.29, 1.82) is 0 Å². The number of hydrogen-bond donors (Lipinski definition) is 2. The van der Waals surface area contributed by atoms with Crippen LogP contribution < -0.4 is 10.6 Å². The first kappa shape index (κ1) is 19.5. The van der Waals surface area contributed by atoms with Crippen molar-refractivity contribution in [3.05, 3.63) is 0 Å². The van der Waals surface area contributed by atoms with Crippen molar-refractivity contribution in [2.24, 2.45) is 11.8 Å². The number of nitrogens with one attached hydrogen (secondary N) is 2. The van der Waals surface area contributed by atoms with Crippen LogP contribution in [0.25, 0.3) is 0 Å². The van der Waals surface area contributed by atoms with Gasteiger partial charge in [0.1, 0.15) is 0 Å². The molecule has 0 saturated carbocycles. The minimum atomic E-state index is -0.144. The van der Waals surface area contributed by atoms with Gasteiger partial charge in [0.2, 0.25) is 11.8 Å². The molecule has 1 atom stereocenters. The molecule has 2 aliphatic rings. The summed E-state index contributed by atoms with van der Waals surface area (Å²) < 4.78 is 0. The lowest BCUT2D eigenvalue weighted by molar-refractivity contribution is -0.137. The van der Waals surface area contributed by atoms with Crippen LogP contribution in [-0.4, -0.2) is 67.4 Å². The van der Waals surface area contributed by atoms with E-state index in [1.165, 1.54) is 0 Å². The third-order valence-electron chi connectivity index (χ3n) is 5.28. The molecule has 2 fully saturated rings. The number of unbranched alkanes of at least 4 members (excludes halogenated alkanes) is 1. The number of nitrogens with zero attached hydrogens (tertiary/aromatic N) is 2. The zero-order chi connectivity index (χ0) is 18.2. The van der Waals surface area contributed by atoms with Gasteiger partial charge in [-0.1, -0.05) is 12.8 Å². The number of urea groups is 1. The van der Waals surface area contributed by atoms with Gasteiger partial charge in [0.25, 0.3) is 0 Å². The van der Waals surface area contributed by atoms with Gasteiger partial charge < -0.3 is 20.4 Å². The summed E-state index contributed by atoms with van der Waals surface area (Å²) in [6.45, 7) is 5.46. The highest BCUT2D eigenvalue weighted by Gasteiger charge is 2.35. The van der Waals surface area contributed by atoms with Crippen LogP contribution in [0.15, 0.2) is 0 Å². The highest BCUT2D eigenvalue weighted by Crippen LogP contribution is 2.25. The number of amides is 4. The molecule has 2 aliphatic heterocycles. The second-order valence-corrected chi connectivity index (χ2v) is 7.23. The fourth-order valence-corrected chi connectivity index (χ4v) is 3.71. The van der Waals surface area contributed by atoms with E-state index in [2.05, 4.69) is 10.6 Å². The average molecular weight is 352 g/mol. The van der Waals surface area contributed by atoms with Gasteiger partial charge in [0, 0.05) is 46.2 Å². The third kappa shape index (κ3) is 5.90. The van der Waals surface area contributed by atoms with Gasteiger partial charge in [-0.15, -0.1) is 0 Å². The Kier molecular flexibility index (Phi) is 7.52. The molecule has 7 heteroatoms. The van der Waals surface area contributed by atoms with Gasteiger partial charge in [-0.2, -0.15) is 0 Å². The summed E-state index contributed by atoms with van der Waals surface area (Å²) >= 11 is 0. The van der Waals surface area contributed by atoms with Crippen molar-refractivity contribution in [2.75, 3.05) is 39.8 Å². The lowest BCUT2D eigenvalue weighted by Gasteiger charge is -2.33. The Morgan fingerprint density at radius 1 is 1.16 bits per heavy atom. The van der Waals surface area contributed by atoms with Gasteiger partial charge in [-0.25, -0.2) is 4.79 Å². The van der Waals surface area contributed by atoms with Crippen molar-refractivity contribution in [1.82, 2.24) is 20.4 Å². The first-order chi connectivity index (χ1) is 12.0. The first-order valence-corrected chi connectivity index (χ1v) is 9.55. The Hall–Kier alpha value is -1.79. The Labute approximate surface area is 150 Å². The molecule has 2 heterocycles. The van der Waals surface area contributed by atoms with Crippen molar-refractivity contribution >= 4 is 17.8 Å². The Balaban J connectivity index is 1.58. The molecule has 2 N–H and O–H groups in total. The van der Waals surface area contributed by atoms with E-state index in [9.17, 15) is 14.4 Å². The Morgan fingerprint density at radius 3 is 2.48 bits per heavy atom. The van der Waals surface area contributed by atoms with Crippen LogP contribution in [0.5, 0.6) is 0 Å². The molecule has 0 aliphatic carbocycles. The highest BCUT2D eigenvalue weighted by molar-refractivity contribution is 5.89. The van der Waals surface area contributed by atoms with Crippen molar-refractivity contribution < 1.29 is 14.4 Å². The minimum Gasteiger partial charge on any atom is -0.345 e. The smallest absolute Gasteiger partial charge is 0.314 e. The summed E-state index contributed by atoms with van der Waals surface area (Å²) in [4.78, 5) is 39.0. The van der Waals surface area contributed by atoms with E-state index in [1.54, 1.807) is 11.9 Å². The van der Waals surface area contributed by atoms with E-state index in [0.29, 0.717) is 32.0 Å². The van der Waals surface area contributed by atoms with E-state index in [0.717, 1.165) is 45.2 Å². The molecule has 0 aromatic rings. The molecular formula is C18H32N4O3. The van der Waals surface area contributed by atoms with Crippen LogP contribution in [0.4, 0.5) is 4.79 Å². The fraction of sp³-hybridized carbons (Fsp3) is 0.833. The van der Waals surface area contributed by atoms with E-state index in [1.807, 2.05) is 11.8 Å². The van der Waals surface area contributed by atoms with Crippen LogP contribution in [0.1, 0.15) is 45.4 Å². The summed E-state index contributed by atoms with van der Waals surface area (Å²) in [5.41, 5.74) is 0. The summed E-state index contributed by atoms with van der Waals surface area (Å²) in [5.74, 6) is 0.757. The molecule has 4 amide bonds. The molecule has 0 radical (unpaired) electrons.